The molecule has 0 spiro atoms. The van der Waals surface area contributed by atoms with Crippen molar-refractivity contribution in [2.24, 2.45) is 0 Å². The van der Waals surface area contributed by atoms with Gasteiger partial charge in [0, 0.05) is 22.1 Å². The maximum Gasteiger partial charge on any atom is 0.258 e. The molecule has 1 aliphatic rings. The Kier molecular flexibility index (Phi) is 3.18. The number of rotatable bonds is 3. The van der Waals surface area contributed by atoms with Crippen LogP contribution < -0.4 is 5.32 Å². The van der Waals surface area contributed by atoms with Gasteiger partial charge >= 0.3 is 0 Å². The lowest BCUT2D eigenvalue weighted by atomic mass is 9.92. The van der Waals surface area contributed by atoms with Crippen molar-refractivity contribution in [2.75, 3.05) is 0 Å². The van der Waals surface area contributed by atoms with Crippen LogP contribution in [0.5, 0.6) is 0 Å². The Balaban J connectivity index is 2.06. The van der Waals surface area contributed by atoms with Crippen LogP contribution in [0.25, 0.3) is 33.5 Å². The Morgan fingerprint density at radius 3 is 2.33 bits per heavy atom. The van der Waals surface area contributed by atoms with Gasteiger partial charge in [-0.1, -0.05) is 31.4 Å². The van der Waals surface area contributed by atoms with E-state index in [-0.39, 0.29) is 11.8 Å². The minimum absolute atomic E-state index is 0.368. The van der Waals surface area contributed by atoms with Crippen molar-refractivity contribution in [3.8, 4) is 10.6 Å². The number of carbonyl (C=O) groups excluding carboxylic acids is 2. The van der Waals surface area contributed by atoms with Gasteiger partial charge < -0.3 is 0 Å². The van der Waals surface area contributed by atoms with Crippen molar-refractivity contribution in [3.05, 3.63) is 65.2 Å². The van der Waals surface area contributed by atoms with Crippen molar-refractivity contribution in [3.63, 3.8) is 0 Å². The van der Waals surface area contributed by atoms with Gasteiger partial charge in [-0.25, -0.2) is 4.98 Å². The topological polar surface area (TPSA) is 59.1 Å². The summed E-state index contributed by atoms with van der Waals surface area (Å²) in [5.74, 6) is -0.735. The molecule has 1 aliphatic heterocycles. The summed E-state index contributed by atoms with van der Waals surface area (Å²) in [6, 6.07) is 9.06. The minimum atomic E-state index is -0.368. The summed E-state index contributed by atoms with van der Waals surface area (Å²) in [5, 5.41) is 4.70. The molecule has 2 aromatic carbocycles. The number of carbonyl (C=O) groups is 2. The molecule has 116 valence electrons. The van der Waals surface area contributed by atoms with Gasteiger partial charge in [0.15, 0.2) is 0 Å². The van der Waals surface area contributed by atoms with Crippen LogP contribution in [0.4, 0.5) is 0 Å². The summed E-state index contributed by atoms with van der Waals surface area (Å²) < 4.78 is 0. The highest BCUT2D eigenvalue weighted by molar-refractivity contribution is 7.16. The van der Waals surface area contributed by atoms with E-state index in [4.69, 9.17) is 0 Å². The number of nitrogens with one attached hydrogen (secondary N) is 1. The Bertz CT molecular complexity index is 1020. The Morgan fingerprint density at radius 1 is 0.958 bits per heavy atom. The van der Waals surface area contributed by atoms with Crippen LogP contribution in [0.1, 0.15) is 31.3 Å². The molecule has 0 aliphatic carbocycles. The van der Waals surface area contributed by atoms with E-state index in [0.29, 0.717) is 16.5 Å². The van der Waals surface area contributed by atoms with Crippen LogP contribution in [-0.4, -0.2) is 16.8 Å². The van der Waals surface area contributed by atoms with Gasteiger partial charge in [-0.15, -0.1) is 11.3 Å². The first kappa shape index (κ1) is 14.5. The maximum absolute atomic E-state index is 12.1. The fourth-order valence-electron chi connectivity index (χ4n) is 2.96. The summed E-state index contributed by atoms with van der Waals surface area (Å²) in [6.45, 7) is 7.58. The lowest BCUT2D eigenvalue weighted by Crippen LogP contribution is -2.34. The summed E-state index contributed by atoms with van der Waals surface area (Å²) in [5.41, 5.74) is 2.68. The molecule has 0 bridgehead atoms. The molecule has 5 heteroatoms. The van der Waals surface area contributed by atoms with Crippen LogP contribution in [-0.2, 0) is 0 Å². The molecule has 3 aromatic rings. The van der Waals surface area contributed by atoms with Crippen molar-refractivity contribution in [2.45, 2.75) is 0 Å². The number of hydrogen-bond donors (Lipinski definition) is 1. The number of imide groups is 1. The van der Waals surface area contributed by atoms with Gasteiger partial charge in [-0.3, -0.25) is 14.9 Å². The SMILES string of the molecule is C=Cc1nc(-c2ccc3c4c(cccc24)C(=O)NC3=O)sc1C=C. The lowest BCUT2D eigenvalue weighted by Gasteiger charge is -2.17. The van der Waals surface area contributed by atoms with Crippen LogP contribution in [0.15, 0.2) is 43.5 Å². The number of nitrogens with zero attached hydrogens (tertiary/aromatic N) is 1. The highest BCUT2D eigenvalue weighted by atomic mass is 32.1. The average molecular weight is 332 g/mol. The first-order valence-electron chi connectivity index (χ1n) is 7.31. The Labute approximate surface area is 142 Å². The smallest absolute Gasteiger partial charge is 0.258 e. The third-order valence-corrected chi connectivity index (χ3v) is 5.15. The summed E-state index contributed by atoms with van der Waals surface area (Å²) in [7, 11) is 0. The van der Waals surface area contributed by atoms with Gasteiger partial charge in [0.1, 0.15) is 5.01 Å². The molecule has 0 fully saturated rings. The van der Waals surface area contributed by atoms with Gasteiger partial charge in [-0.05, 0) is 29.7 Å². The molecule has 4 nitrogen and oxygen atoms in total. The zero-order chi connectivity index (χ0) is 16.8. The molecule has 24 heavy (non-hydrogen) atoms. The number of benzene rings is 2. The quantitative estimate of drug-likeness (QED) is 0.734. The van der Waals surface area contributed by atoms with E-state index in [2.05, 4.69) is 23.5 Å². The van der Waals surface area contributed by atoms with E-state index in [1.165, 1.54) is 11.3 Å². The van der Waals surface area contributed by atoms with Crippen molar-refractivity contribution < 1.29 is 9.59 Å². The number of aromatic nitrogens is 1. The van der Waals surface area contributed by atoms with Crippen LogP contribution in [0.3, 0.4) is 0 Å². The lowest BCUT2D eigenvalue weighted by molar-refractivity contribution is 0.0845. The minimum Gasteiger partial charge on any atom is -0.288 e. The van der Waals surface area contributed by atoms with Gasteiger partial charge in [0.25, 0.3) is 11.8 Å². The van der Waals surface area contributed by atoms with Crippen molar-refractivity contribution in [1.29, 1.82) is 0 Å². The van der Waals surface area contributed by atoms with E-state index < -0.39 is 0 Å². The largest absolute Gasteiger partial charge is 0.288 e. The fraction of sp³-hybridized carbons (Fsp3) is 0. The molecule has 4 rings (SSSR count). The molecule has 0 radical (unpaired) electrons. The van der Waals surface area contributed by atoms with Crippen molar-refractivity contribution in [1.82, 2.24) is 10.3 Å². The third-order valence-electron chi connectivity index (χ3n) is 4.05. The number of thiazole rings is 1. The zero-order valence-corrected chi connectivity index (χ0v) is 13.4. The standard InChI is InChI=1S/C19H12N2O2S/c1-3-14-15(4-2)24-19(20-14)11-8-9-13-16-10(11)6-5-7-12(16)17(22)21-18(13)23/h3-9H,1-2H2,(H,21,22,23). The van der Waals surface area contributed by atoms with E-state index >= 15 is 0 Å². The molecule has 0 saturated carbocycles. The second-order valence-corrected chi connectivity index (χ2v) is 6.38. The fourth-order valence-corrected chi connectivity index (χ4v) is 3.92. The molecule has 0 saturated heterocycles. The normalized spacial score (nSPS) is 13.0. The first-order valence-corrected chi connectivity index (χ1v) is 8.13. The van der Waals surface area contributed by atoms with Gasteiger partial charge in [-0.2, -0.15) is 0 Å². The number of amides is 2. The molecule has 0 atom stereocenters. The average Bonchev–Trinajstić information content (AvgIpc) is 3.02. The molecule has 0 unspecified atom stereocenters. The monoisotopic (exact) mass is 332 g/mol. The van der Waals surface area contributed by atoms with Crippen LogP contribution in [0.2, 0.25) is 0 Å². The van der Waals surface area contributed by atoms with Crippen molar-refractivity contribution >= 4 is 46.1 Å². The molecular formula is C19H12N2O2S. The maximum atomic E-state index is 12.1. The summed E-state index contributed by atoms with van der Waals surface area (Å²) in [6.07, 6.45) is 3.44. The third kappa shape index (κ3) is 1.95. The molecular weight excluding hydrogens is 320 g/mol. The molecule has 2 amide bonds. The van der Waals surface area contributed by atoms with Gasteiger partial charge in [0.2, 0.25) is 0 Å². The van der Waals surface area contributed by atoms with E-state index in [0.717, 1.165) is 26.5 Å². The van der Waals surface area contributed by atoms with Gasteiger partial charge in [0.05, 0.1) is 10.6 Å². The number of hydrogen-bond acceptors (Lipinski definition) is 4. The molecule has 2 heterocycles. The van der Waals surface area contributed by atoms with E-state index in [9.17, 15) is 9.59 Å². The Hall–Kier alpha value is -3.05. The molecule has 1 N–H and O–H groups in total. The highest BCUT2D eigenvalue weighted by Gasteiger charge is 2.26. The van der Waals surface area contributed by atoms with Crippen LogP contribution >= 0.6 is 11.3 Å². The highest BCUT2D eigenvalue weighted by Crippen LogP contribution is 2.37. The Morgan fingerprint density at radius 2 is 1.67 bits per heavy atom. The van der Waals surface area contributed by atoms with E-state index in [1.54, 1.807) is 24.3 Å². The predicted octanol–water partition coefficient (Wildman–Crippen LogP) is 4.13. The molecule has 1 aromatic heterocycles. The summed E-state index contributed by atoms with van der Waals surface area (Å²) in [4.78, 5) is 29.8. The van der Waals surface area contributed by atoms with E-state index in [1.807, 2.05) is 18.2 Å². The predicted molar refractivity (Wildman–Crippen MR) is 97.0 cm³/mol. The van der Waals surface area contributed by atoms with Crippen LogP contribution in [0, 0.1) is 0 Å². The zero-order valence-electron chi connectivity index (χ0n) is 12.6. The summed E-state index contributed by atoms with van der Waals surface area (Å²) >= 11 is 1.51. The first-order chi connectivity index (χ1) is 11.6. The second-order valence-electron chi connectivity index (χ2n) is 5.35. The second kappa shape index (κ2) is 5.25.